The lowest BCUT2D eigenvalue weighted by Gasteiger charge is -2.46. The van der Waals surface area contributed by atoms with Crippen LogP contribution in [-0.2, 0) is 33.4 Å². The van der Waals surface area contributed by atoms with Crippen LogP contribution in [0, 0.1) is 5.82 Å². The molecule has 0 amide bonds. The van der Waals surface area contributed by atoms with Crippen molar-refractivity contribution in [2.75, 3.05) is 13.1 Å². The van der Waals surface area contributed by atoms with Crippen LogP contribution in [0.25, 0.3) is 0 Å². The van der Waals surface area contributed by atoms with E-state index in [9.17, 15) is 12.8 Å². The molecule has 0 N–H and O–H groups in total. The van der Waals surface area contributed by atoms with Gasteiger partial charge < -0.3 is 4.74 Å². The van der Waals surface area contributed by atoms with Crippen LogP contribution in [0.2, 0.25) is 0 Å². The molecule has 0 radical (unpaired) electrons. The van der Waals surface area contributed by atoms with Crippen molar-refractivity contribution < 1.29 is 17.5 Å². The van der Waals surface area contributed by atoms with Gasteiger partial charge in [0.05, 0.1) is 17.2 Å². The second-order valence-electron chi connectivity index (χ2n) is 6.41. The summed E-state index contributed by atoms with van der Waals surface area (Å²) in [6.45, 7) is 2.88. The van der Waals surface area contributed by atoms with Crippen molar-refractivity contribution in [3.63, 3.8) is 0 Å². The standard InChI is InChI=1S/C17H18FN3O3S/c1-2-3-16-19-8-14-15(20-16)9-24-17(14)10-21(11-17)25(22,23)13-6-4-12(18)5-7-13/h4-8H,2-3,9-11H2,1H3. The highest BCUT2D eigenvalue weighted by Gasteiger charge is 2.54. The minimum absolute atomic E-state index is 0.0801. The molecule has 132 valence electrons. The van der Waals surface area contributed by atoms with Crippen molar-refractivity contribution in [2.45, 2.75) is 36.9 Å². The Bertz CT molecular complexity index is 909. The average Bonchev–Trinajstić information content (AvgIpc) is 2.93. The third kappa shape index (κ3) is 2.65. The van der Waals surface area contributed by atoms with Gasteiger partial charge in [-0.3, -0.25) is 0 Å². The van der Waals surface area contributed by atoms with Crippen molar-refractivity contribution in [3.05, 3.63) is 53.4 Å². The summed E-state index contributed by atoms with van der Waals surface area (Å²) in [4.78, 5) is 8.98. The first-order valence-electron chi connectivity index (χ1n) is 8.19. The molecule has 1 fully saturated rings. The number of ether oxygens (including phenoxy) is 1. The first kappa shape index (κ1) is 16.6. The highest BCUT2D eigenvalue weighted by Crippen LogP contribution is 2.44. The van der Waals surface area contributed by atoms with E-state index < -0.39 is 21.4 Å². The fraction of sp³-hybridized carbons (Fsp3) is 0.412. The molecule has 25 heavy (non-hydrogen) atoms. The SMILES string of the molecule is CCCc1ncc2c(n1)COC21CN(S(=O)(=O)c2ccc(F)cc2)C1. The molecular weight excluding hydrogens is 345 g/mol. The summed E-state index contributed by atoms with van der Waals surface area (Å²) in [5.41, 5.74) is 1.06. The van der Waals surface area contributed by atoms with E-state index in [0.717, 1.165) is 42.1 Å². The highest BCUT2D eigenvalue weighted by molar-refractivity contribution is 7.89. The van der Waals surface area contributed by atoms with E-state index in [-0.39, 0.29) is 18.0 Å². The lowest BCUT2D eigenvalue weighted by Crippen LogP contribution is -2.61. The lowest BCUT2D eigenvalue weighted by atomic mass is 9.90. The zero-order valence-corrected chi connectivity index (χ0v) is 14.6. The number of rotatable bonds is 4. The van der Waals surface area contributed by atoms with Crippen LogP contribution >= 0.6 is 0 Å². The maximum Gasteiger partial charge on any atom is 0.243 e. The number of halogens is 1. The number of aryl methyl sites for hydroxylation is 1. The number of aromatic nitrogens is 2. The molecule has 0 bridgehead atoms. The van der Waals surface area contributed by atoms with Gasteiger partial charge in [0.25, 0.3) is 0 Å². The van der Waals surface area contributed by atoms with Gasteiger partial charge in [0.2, 0.25) is 10.0 Å². The van der Waals surface area contributed by atoms with Gasteiger partial charge in [-0.05, 0) is 30.7 Å². The first-order chi connectivity index (χ1) is 11.9. The molecule has 4 rings (SSSR count). The van der Waals surface area contributed by atoms with Gasteiger partial charge in [-0.25, -0.2) is 22.8 Å². The molecule has 2 aliphatic rings. The number of benzene rings is 1. The molecule has 2 aromatic rings. The molecule has 1 spiro atoms. The molecule has 0 aliphatic carbocycles. The van der Waals surface area contributed by atoms with Gasteiger partial charge in [0, 0.05) is 31.3 Å². The Morgan fingerprint density at radius 3 is 2.68 bits per heavy atom. The van der Waals surface area contributed by atoms with Crippen LogP contribution < -0.4 is 0 Å². The predicted molar refractivity (Wildman–Crippen MR) is 87.7 cm³/mol. The highest BCUT2D eigenvalue weighted by atomic mass is 32.2. The Kier molecular flexibility index (Phi) is 3.86. The molecule has 1 aromatic heterocycles. The van der Waals surface area contributed by atoms with Crippen LogP contribution in [-0.4, -0.2) is 35.8 Å². The molecule has 1 aromatic carbocycles. The summed E-state index contributed by atoms with van der Waals surface area (Å²) in [6, 6.07) is 4.85. The molecule has 1 saturated heterocycles. The van der Waals surface area contributed by atoms with Crippen molar-refractivity contribution in [1.29, 1.82) is 0 Å². The smallest absolute Gasteiger partial charge is 0.243 e. The van der Waals surface area contributed by atoms with Gasteiger partial charge in [-0.1, -0.05) is 6.92 Å². The summed E-state index contributed by atoms with van der Waals surface area (Å²) < 4.78 is 45.5. The maximum absolute atomic E-state index is 13.0. The second kappa shape index (κ2) is 5.82. The van der Waals surface area contributed by atoms with E-state index in [1.807, 2.05) is 0 Å². The van der Waals surface area contributed by atoms with E-state index in [0.29, 0.717) is 6.61 Å². The minimum atomic E-state index is -3.66. The predicted octanol–water partition coefficient (Wildman–Crippen LogP) is 2.00. The zero-order valence-electron chi connectivity index (χ0n) is 13.8. The van der Waals surface area contributed by atoms with Gasteiger partial charge >= 0.3 is 0 Å². The second-order valence-corrected chi connectivity index (χ2v) is 8.34. The Hall–Kier alpha value is -1.90. The first-order valence-corrected chi connectivity index (χ1v) is 9.63. The third-order valence-electron chi connectivity index (χ3n) is 4.68. The summed E-state index contributed by atoms with van der Waals surface area (Å²) in [7, 11) is -3.66. The maximum atomic E-state index is 13.0. The normalized spacial score (nSPS) is 19.0. The number of hydrogen-bond acceptors (Lipinski definition) is 5. The van der Waals surface area contributed by atoms with Crippen LogP contribution in [0.5, 0.6) is 0 Å². The molecule has 0 unspecified atom stereocenters. The van der Waals surface area contributed by atoms with E-state index in [2.05, 4.69) is 16.9 Å². The molecular formula is C17H18FN3O3S. The number of nitrogens with zero attached hydrogens (tertiary/aromatic N) is 3. The fourth-order valence-corrected chi connectivity index (χ4v) is 4.82. The van der Waals surface area contributed by atoms with Gasteiger partial charge in [0.1, 0.15) is 17.2 Å². The van der Waals surface area contributed by atoms with Crippen LogP contribution in [0.4, 0.5) is 4.39 Å². The summed E-state index contributed by atoms with van der Waals surface area (Å²) in [5.74, 6) is 0.323. The van der Waals surface area contributed by atoms with Gasteiger partial charge in [-0.2, -0.15) is 4.31 Å². The van der Waals surface area contributed by atoms with Crippen LogP contribution in [0.1, 0.15) is 30.4 Å². The summed E-state index contributed by atoms with van der Waals surface area (Å²) in [5, 5.41) is 0. The van der Waals surface area contributed by atoms with E-state index in [1.54, 1.807) is 6.20 Å². The van der Waals surface area contributed by atoms with Crippen molar-refractivity contribution in [3.8, 4) is 0 Å². The average molecular weight is 363 g/mol. The number of hydrogen-bond donors (Lipinski definition) is 0. The molecule has 3 heterocycles. The summed E-state index contributed by atoms with van der Waals surface area (Å²) in [6.07, 6.45) is 3.54. The topological polar surface area (TPSA) is 72.4 Å². The molecule has 0 saturated carbocycles. The van der Waals surface area contributed by atoms with Crippen molar-refractivity contribution >= 4 is 10.0 Å². The number of sulfonamides is 1. The van der Waals surface area contributed by atoms with Gasteiger partial charge in [-0.15, -0.1) is 0 Å². The van der Waals surface area contributed by atoms with Crippen molar-refractivity contribution in [1.82, 2.24) is 14.3 Å². The van der Waals surface area contributed by atoms with E-state index >= 15 is 0 Å². The van der Waals surface area contributed by atoms with Crippen LogP contribution in [0.15, 0.2) is 35.4 Å². The largest absolute Gasteiger partial charge is 0.361 e. The molecule has 0 atom stereocenters. The molecule has 2 aliphatic heterocycles. The third-order valence-corrected chi connectivity index (χ3v) is 6.49. The monoisotopic (exact) mass is 363 g/mol. The minimum Gasteiger partial charge on any atom is -0.361 e. The quantitative estimate of drug-likeness (QED) is 0.831. The summed E-state index contributed by atoms with van der Waals surface area (Å²) >= 11 is 0. The molecule has 6 nitrogen and oxygen atoms in total. The Labute approximate surface area is 145 Å². The Balaban J connectivity index is 1.55. The molecule has 8 heteroatoms. The van der Waals surface area contributed by atoms with E-state index in [4.69, 9.17) is 4.74 Å². The Morgan fingerprint density at radius 2 is 2.00 bits per heavy atom. The Morgan fingerprint density at radius 1 is 1.28 bits per heavy atom. The van der Waals surface area contributed by atoms with E-state index in [1.165, 1.54) is 16.4 Å². The fourth-order valence-electron chi connectivity index (χ4n) is 3.29. The van der Waals surface area contributed by atoms with Crippen LogP contribution in [0.3, 0.4) is 0 Å². The zero-order chi connectivity index (χ0) is 17.7. The van der Waals surface area contributed by atoms with Crippen molar-refractivity contribution in [2.24, 2.45) is 0 Å². The number of fused-ring (bicyclic) bond motifs is 2. The lowest BCUT2D eigenvalue weighted by molar-refractivity contribution is -0.112. The van der Waals surface area contributed by atoms with Gasteiger partial charge in [0.15, 0.2) is 0 Å².